The summed E-state index contributed by atoms with van der Waals surface area (Å²) in [6.07, 6.45) is 1.82. The molecular weight excluding hydrogens is 358 g/mol. The predicted molar refractivity (Wildman–Crippen MR) is 90.2 cm³/mol. The topological polar surface area (TPSA) is 141 Å². The van der Waals surface area contributed by atoms with Gasteiger partial charge in [-0.2, -0.15) is 10.2 Å². The summed E-state index contributed by atoms with van der Waals surface area (Å²) in [5, 5.41) is 28.7. The van der Waals surface area contributed by atoms with E-state index >= 15 is 0 Å². The molecule has 0 unspecified atom stereocenters. The number of para-hydroxylation sites is 1. The van der Waals surface area contributed by atoms with E-state index < -0.39 is 17.1 Å². The van der Waals surface area contributed by atoms with Gasteiger partial charge >= 0.3 is 5.69 Å². The first-order valence-electron chi connectivity index (χ1n) is 8.13. The highest BCUT2D eigenvalue weighted by Gasteiger charge is 2.43. The molecule has 11 nitrogen and oxygen atoms in total. The second-order valence-corrected chi connectivity index (χ2v) is 6.11. The molecule has 3 heterocycles. The Hall–Kier alpha value is -3.31. The molecule has 2 N–H and O–H groups in total. The number of nitro groups is 1. The standard InChI is InChI=1S/C16H15N5O6/c22-13-4-2-1-3-10(13)15(23)19-18-11-5-12(14-8-26-16(11)27-14)20-7-9(6-17-20)21(24)25/h1-4,6-7,12,14,16,22H,5,8H2,(H,19,23)/b18-11+/t12-,14-,16+/m0/s1. The van der Waals surface area contributed by atoms with Gasteiger partial charge in [-0.05, 0) is 12.1 Å². The molecule has 3 atom stereocenters. The van der Waals surface area contributed by atoms with Crippen LogP contribution in [-0.4, -0.2) is 50.4 Å². The predicted octanol–water partition coefficient (Wildman–Crippen LogP) is 0.969. The Kier molecular flexibility index (Phi) is 4.30. The number of aromatic hydroxyl groups is 1. The minimum absolute atomic E-state index is 0.0862. The number of hydrogen-bond acceptors (Lipinski definition) is 8. The van der Waals surface area contributed by atoms with E-state index in [2.05, 4.69) is 15.6 Å². The van der Waals surface area contributed by atoms with Crippen LogP contribution in [0.25, 0.3) is 0 Å². The van der Waals surface area contributed by atoms with Crippen LogP contribution in [0, 0.1) is 10.1 Å². The quantitative estimate of drug-likeness (QED) is 0.601. The number of fused-ring (bicyclic) bond motifs is 2. The number of carbonyl (C=O) groups excluding carboxylic acids is 1. The van der Waals surface area contributed by atoms with Gasteiger partial charge in [0.05, 0.1) is 28.8 Å². The number of ether oxygens (including phenoxy) is 2. The molecule has 0 saturated carbocycles. The van der Waals surface area contributed by atoms with Gasteiger partial charge in [0.1, 0.15) is 24.2 Å². The highest BCUT2D eigenvalue weighted by molar-refractivity contribution is 5.98. The van der Waals surface area contributed by atoms with Crippen LogP contribution in [0.15, 0.2) is 41.8 Å². The Morgan fingerprint density at radius 1 is 1.44 bits per heavy atom. The van der Waals surface area contributed by atoms with Gasteiger partial charge in [-0.25, -0.2) is 5.43 Å². The van der Waals surface area contributed by atoms with Crippen molar-refractivity contribution in [1.82, 2.24) is 15.2 Å². The Morgan fingerprint density at radius 2 is 2.26 bits per heavy atom. The number of hydrazone groups is 1. The van der Waals surface area contributed by atoms with Gasteiger partial charge in [-0.1, -0.05) is 12.1 Å². The van der Waals surface area contributed by atoms with Crippen LogP contribution >= 0.6 is 0 Å². The summed E-state index contributed by atoms with van der Waals surface area (Å²) in [7, 11) is 0. The lowest BCUT2D eigenvalue weighted by Gasteiger charge is -2.28. The summed E-state index contributed by atoms with van der Waals surface area (Å²) >= 11 is 0. The third-order valence-corrected chi connectivity index (χ3v) is 4.42. The highest BCUT2D eigenvalue weighted by Crippen LogP contribution is 2.33. The first-order chi connectivity index (χ1) is 13.0. The molecule has 1 aromatic carbocycles. The molecule has 0 aliphatic carbocycles. The Balaban J connectivity index is 1.52. The number of nitrogens with zero attached hydrogens (tertiary/aromatic N) is 4. The molecule has 2 aliphatic rings. The molecule has 11 heteroatoms. The van der Waals surface area contributed by atoms with Gasteiger partial charge < -0.3 is 14.6 Å². The molecule has 27 heavy (non-hydrogen) atoms. The van der Waals surface area contributed by atoms with Crippen molar-refractivity contribution < 1.29 is 24.3 Å². The fourth-order valence-corrected chi connectivity index (χ4v) is 3.05. The second-order valence-electron chi connectivity index (χ2n) is 6.11. The Morgan fingerprint density at radius 3 is 3.00 bits per heavy atom. The lowest BCUT2D eigenvalue weighted by Crippen LogP contribution is -2.38. The van der Waals surface area contributed by atoms with Crippen LogP contribution in [0.2, 0.25) is 0 Å². The molecule has 140 valence electrons. The van der Waals surface area contributed by atoms with E-state index in [9.17, 15) is 20.0 Å². The van der Waals surface area contributed by atoms with Crippen molar-refractivity contribution >= 4 is 17.3 Å². The van der Waals surface area contributed by atoms with Crippen LogP contribution in [0.1, 0.15) is 22.8 Å². The van der Waals surface area contributed by atoms with Crippen LogP contribution in [-0.2, 0) is 9.47 Å². The van der Waals surface area contributed by atoms with Gasteiger partial charge in [-0.3, -0.25) is 19.6 Å². The molecule has 2 aliphatic heterocycles. The minimum Gasteiger partial charge on any atom is -0.507 e. The average Bonchev–Trinajstić information content (AvgIpc) is 3.30. The zero-order valence-electron chi connectivity index (χ0n) is 13.9. The number of hydrogen-bond donors (Lipinski definition) is 2. The zero-order valence-corrected chi connectivity index (χ0v) is 13.9. The van der Waals surface area contributed by atoms with Crippen LogP contribution in [0.4, 0.5) is 5.69 Å². The first-order valence-corrected chi connectivity index (χ1v) is 8.13. The van der Waals surface area contributed by atoms with E-state index in [1.807, 2.05) is 0 Å². The summed E-state index contributed by atoms with van der Waals surface area (Å²) in [5.74, 6) is -0.735. The average molecular weight is 373 g/mol. The number of carbonyl (C=O) groups is 1. The molecule has 2 aromatic rings. The number of aromatic nitrogens is 2. The lowest BCUT2D eigenvalue weighted by atomic mass is 10.0. The number of amides is 1. The van der Waals surface area contributed by atoms with Crippen molar-refractivity contribution in [2.24, 2.45) is 5.10 Å². The van der Waals surface area contributed by atoms with E-state index in [0.29, 0.717) is 12.1 Å². The van der Waals surface area contributed by atoms with Crippen molar-refractivity contribution in [3.05, 3.63) is 52.3 Å². The summed E-state index contributed by atoms with van der Waals surface area (Å²) < 4.78 is 12.7. The summed E-state index contributed by atoms with van der Waals surface area (Å²) in [6, 6.07) is 5.75. The molecule has 1 amide bonds. The van der Waals surface area contributed by atoms with E-state index in [0.717, 1.165) is 0 Å². The number of nitrogens with one attached hydrogen (secondary N) is 1. The Bertz CT molecular complexity index is 926. The largest absolute Gasteiger partial charge is 0.507 e. The smallest absolute Gasteiger partial charge is 0.307 e. The van der Waals surface area contributed by atoms with Crippen LogP contribution in [0.3, 0.4) is 0 Å². The van der Waals surface area contributed by atoms with E-state index in [4.69, 9.17) is 9.47 Å². The third kappa shape index (κ3) is 3.25. The summed E-state index contributed by atoms with van der Waals surface area (Å²) in [6.45, 7) is 0.287. The second kappa shape index (κ2) is 6.78. The van der Waals surface area contributed by atoms with E-state index in [1.54, 1.807) is 12.1 Å². The zero-order chi connectivity index (χ0) is 19.0. The molecule has 0 spiro atoms. The van der Waals surface area contributed by atoms with Crippen LogP contribution in [0.5, 0.6) is 5.75 Å². The first kappa shape index (κ1) is 17.1. The minimum atomic E-state index is -0.693. The number of phenols is 1. The molecule has 0 radical (unpaired) electrons. The SMILES string of the molecule is O=C(N/N=C1\C[C@H](n2cc([N+](=O)[O-])cn2)[C@@H]2CO[C@@H]1O2)c1ccccc1O. The van der Waals surface area contributed by atoms with E-state index in [1.165, 1.54) is 29.2 Å². The maximum atomic E-state index is 12.2. The molecule has 2 fully saturated rings. The number of rotatable bonds is 4. The van der Waals surface area contributed by atoms with Gasteiger partial charge in [0, 0.05) is 6.42 Å². The molecule has 1 aromatic heterocycles. The Labute approximate surface area is 152 Å². The summed E-state index contributed by atoms with van der Waals surface area (Å²) in [5.41, 5.74) is 2.77. The van der Waals surface area contributed by atoms with Crippen LogP contribution < -0.4 is 5.43 Å². The van der Waals surface area contributed by atoms with Crippen molar-refractivity contribution in [3.63, 3.8) is 0 Å². The van der Waals surface area contributed by atoms with Gasteiger partial charge in [0.25, 0.3) is 5.91 Å². The fourth-order valence-electron chi connectivity index (χ4n) is 3.05. The fraction of sp³-hybridized carbons (Fsp3) is 0.312. The van der Waals surface area contributed by atoms with Gasteiger partial charge in [-0.15, -0.1) is 0 Å². The highest BCUT2D eigenvalue weighted by atomic mass is 16.7. The lowest BCUT2D eigenvalue weighted by molar-refractivity contribution is -0.385. The number of benzene rings is 1. The molecule has 4 rings (SSSR count). The van der Waals surface area contributed by atoms with Crippen molar-refractivity contribution in [1.29, 1.82) is 0 Å². The van der Waals surface area contributed by atoms with Gasteiger partial charge in [0.2, 0.25) is 0 Å². The van der Waals surface area contributed by atoms with Crippen molar-refractivity contribution in [2.45, 2.75) is 24.9 Å². The summed E-state index contributed by atoms with van der Waals surface area (Å²) in [4.78, 5) is 22.5. The van der Waals surface area contributed by atoms with E-state index in [-0.39, 0.29) is 35.8 Å². The maximum Gasteiger partial charge on any atom is 0.307 e. The van der Waals surface area contributed by atoms with Crippen molar-refractivity contribution in [2.75, 3.05) is 6.61 Å². The molecular formula is C16H15N5O6. The van der Waals surface area contributed by atoms with Gasteiger partial charge in [0.15, 0.2) is 6.29 Å². The number of phenolic OH excluding ortho intramolecular Hbond substituents is 1. The molecule has 2 saturated heterocycles. The normalized spacial score (nSPS) is 25.5. The monoisotopic (exact) mass is 373 g/mol. The molecule has 2 bridgehead atoms. The maximum absolute atomic E-state index is 12.2. The third-order valence-electron chi connectivity index (χ3n) is 4.42. The van der Waals surface area contributed by atoms with Crippen molar-refractivity contribution in [3.8, 4) is 5.75 Å².